The van der Waals surface area contributed by atoms with Crippen LogP contribution in [0.5, 0.6) is 0 Å². The molecule has 2 aromatic rings. The highest BCUT2D eigenvalue weighted by Gasteiger charge is 2.41. The summed E-state index contributed by atoms with van der Waals surface area (Å²) in [6.07, 6.45) is 4.39. The van der Waals surface area contributed by atoms with Crippen LogP contribution in [0, 0.1) is 11.7 Å². The maximum absolute atomic E-state index is 13.4. The third kappa shape index (κ3) is 7.30. The first-order valence-corrected chi connectivity index (χ1v) is 14.4. The summed E-state index contributed by atoms with van der Waals surface area (Å²) < 4.78 is 39.6. The maximum Gasteiger partial charge on any atom is 0.328 e. The normalized spacial score (nSPS) is 16.3. The number of amides is 2. The average molecular weight is 562 g/mol. The Morgan fingerprint density at radius 2 is 1.97 bits per heavy atom. The third-order valence-electron chi connectivity index (χ3n) is 6.81. The number of aliphatic carboxylic acids is 1. The van der Waals surface area contributed by atoms with Crippen LogP contribution >= 0.6 is 0 Å². The van der Waals surface area contributed by atoms with Crippen LogP contribution in [-0.2, 0) is 37.2 Å². The number of hydrogen-bond donors (Lipinski definition) is 4. The van der Waals surface area contributed by atoms with Gasteiger partial charge < -0.3 is 21.1 Å². The number of anilines is 1. The lowest BCUT2D eigenvalue weighted by molar-refractivity contribution is -0.143. The first-order chi connectivity index (χ1) is 18.6. The van der Waals surface area contributed by atoms with Gasteiger partial charge in [0.2, 0.25) is 21.8 Å². The van der Waals surface area contributed by atoms with Crippen LogP contribution in [0.3, 0.4) is 0 Å². The van der Waals surface area contributed by atoms with E-state index in [-0.39, 0.29) is 36.9 Å². The molecule has 1 atom stereocenters. The summed E-state index contributed by atoms with van der Waals surface area (Å²) in [6.45, 7) is 0.312. The van der Waals surface area contributed by atoms with E-state index in [1.165, 1.54) is 17.7 Å². The first-order valence-electron chi connectivity index (χ1n) is 12.9. The Labute approximate surface area is 226 Å². The molecular formula is C26H32FN5O6S. The van der Waals surface area contributed by atoms with Crippen molar-refractivity contribution in [3.8, 4) is 0 Å². The van der Waals surface area contributed by atoms with Crippen molar-refractivity contribution in [1.29, 1.82) is 0 Å². The van der Waals surface area contributed by atoms with Crippen molar-refractivity contribution < 1.29 is 32.3 Å². The van der Waals surface area contributed by atoms with E-state index in [2.05, 4.69) is 27.0 Å². The number of rotatable bonds is 12. The Morgan fingerprint density at radius 1 is 1.18 bits per heavy atom. The van der Waals surface area contributed by atoms with Gasteiger partial charge in [0.25, 0.3) is 0 Å². The number of halogens is 1. The maximum atomic E-state index is 13.4. The second-order valence-electron chi connectivity index (χ2n) is 9.73. The van der Waals surface area contributed by atoms with Crippen LogP contribution in [0.4, 0.5) is 10.2 Å². The number of carboxylic acids is 1. The van der Waals surface area contributed by atoms with Gasteiger partial charge in [-0.15, -0.1) is 0 Å². The molecule has 0 saturated carbocycles. The summed E-state index contributed by atoms with van der Waals surface area (Å²) in [4.78, 5) is 40.8. The number of hydrogen-bond acceptors (Lipinski definition) is 7. The van der Waals surface area contributed by atoms with Crippen molar-refractivity contribution in [3.05, 3.63) is 53.5 Å². The van der Waals surface area contributed by atoms with Crippen molar-refractivity contribution >= 4 is 33.6 Å². The Hall–Kier alpha value is -3.58. The van der Waals surface area contributed by atoms with E-state index in [1.807, 2.05) is 6.07 Å². The van der Waals surface area contributed by atoms with Gasteiger partial charge in [-0.05, 0) is 61.9 Å². The predicted molar refractivity (Wildman–Crippen MR) is 140 cm³/mol. The largest absolute Gasteiger partial charge is 0.480 e. The monoisotopic (exact) mass is 561 g/mol. The molecule has 1 aromatic carbocycles. The summed E-state index contributed by atoms with van der Waals surface area (Å²) >= 11 is 0. The van der Waals surface area contributed by atoms with Crippen LogP contribution < -0.4 is 16.0 Å². The van der Waals surface area contributed by atoms with Gasteiger partial charge in [-0.3, -0.25) is 9.59 Å². The standard InChI is InChI=1S/C26H32FN5O6S/c27-19-6-3-8-21(13-19)39(37,38)32-15-18(16-32)25(34)31-22(26(35)36)14-29-23(33)9-2-1-7-20-11-10-17-5-4-12-28-24(17)30-20/h3,6,8,10-11,13,18,22H,1-2,4-5,7,9,12,14-16H2,(H,28,30)(H,29,33)(H,31,34)(H,35,36). The summed E-state index contributed by atoms with van der Waals surface area (Å²) in [6, 6.07) is 7.29. The van der Waals surface area contributed by atoms with Crippen molar-refractivity contribution in [1.82, 2.24) is 19.9 Å². The van der Waals surface area contributed by atoms with E-state index in [0.717, 1.165) is 60.2 Å². The van der Waals surface area contributed by atoms with Crippen molar-refractivity contribution in [2.75, 3.05) is 31.5 Å². The summed E-state index contributed by atoms with van der Waals surface area (Å²) in [5, 5.41) is 17.7. The van der Waals surface area contributed by atoms with Gasteiger partial charge in [0.15, 0.2) is 0 Å². The van der Waals surface area contributed by atoms with Crippen LogP contribution in [0.1, 0.15) is 36.9 Å². The minimum absolute atomic E-state index is 0.154. The lowest BCUT2D eigenvalue weighted by Crippen LogP contribution is -2.58. The molecule has 39 heavy (non-hydrogen) atoms. The summed E-state index contributed by atoms with van der Waals surface area (Å²) in [7, 11) is -3.96. The minimum Gasteiger partial charge on any atom is -0.480 e. The molecule has 1 aromatic heterocycles. The molecular weight excluding hydrogens is 529 g/mol. The number of carbonyl (C=O) groups excluding carboxylic acids is 2. The van der Waals surface area contributed by atoms with Crippen molar-refractivity contribution in [2.24, 2.45) is 5.92 Å². The van der Waals surface area contributed by atoms with Crippen LogP contribution in [0.2, 0.25) is 0 Å². The van der Waals surface area contributed by atoms with Crippen molar-refractivity contribution in [2.45, 2.75) is 49.5 Å². The number of nitrogens with zero attached hydrogens (tertiary/aromatic N) is 2. The molecule has 13 heteroatoms. The number of nitrogens with one attached hydrogen (secondary N) is 3. The van der Waals surface area contributed by atoms with E-state index in [4.69, 9.17) is 0 Å². The number of sulfonamides is 1. The fourth-order valence-corrected chi connectivity index (χ4v) is 6.03. The summed E-state index contributed by atoms with van der Waals surface area (Å²) in [5.74, 6) is -2.79. The number of pyridine rings is 1. The molecule has 2 aliphatic rings. The Balaban J connectivity index is 1.16. The molecule has 0 radical (unpaired) electrons. The molecule has 4 N–H and O–H groups in total. The van der Waals surface area contributed by atoms with Gasteiger partial charge >= 0.3 is 5.97 Å². The summed E-state index contributed by atoms with van der Waals surface area (Å²) in [5.41, 5.74) is 2.17. The molecule has 2 amide bonds. The van der Waals surface area contributed by atoms with Gasteiger partial charge in [0, 0.05) is 38.3 Å². The van der Waals surface area contributed by atoms with Crippen molar-refractivity contribution in [3.63, 3.8) is 0 Å². The quantitative estimate of drug-likeness (QED) is 0.282. The molecule has 0 aliphatic carbocycles. The molecule has 0 bridgehead atoms. The van der Waals surface area contributed by atoms with Crippen LogP contribution in [-0.4, -0.2) is 72.8 Å². The smallest absolute Gasteiger partial charge is 0.328 e. The molecule has 2 aliphatic heterocycles. The minimum atomic E-state index is -3.96. The molecule has 0 spiro atoms. The van der Waals surface area contributed by atoms with E-state index in [0.29, 0.717) is 6.42 Å². The molecule has 3 heterocycles. The third-order valence-corrected chi connectivity index (χ3v) is 8.64. The Kier molecular flexibility index (Phi) is 9.12. The van der Waals surface area contributed by atoms with E-state index in [9.17, 15) is 32.3 Å². The molecule has 1 fully saturated rings. The van der Waals surface area contributed by atoms with Gasteiger partial charge in [-0.2, -0.15) is 4.31 Å². The van der Waals surface area contributed by atoms with E-state index < -0.39 is 39.7 Å². The second kappa shape index (κ2) is 12.5. The Bertz CT molecular complexity index is 1330. The zero-order valence-corrected chi connectivity index (χ0v) is 22.2. The number of aromatic nitrogens is 1. The highest BCUT2D eigenvalue weighted by Crippen LogP contribution is 2.26. The van der Waals surface area contributed by atoms with Gasteiger partial charge in [-0.1, -0.05) is 12.1 Å². The number of fused-ring (bicyclic) bond motifs is 1. The molecule has 1 unspecified atom stereocenters. The SMILES string of the molecule is O=C(CCCCc1ccc2c(n1)NCCC2)NCC(NC(=O)C1CN(S(=O)(=O)c2cccc(F)c2)C1)C(=O)O. The van der Waals surface area contributed by atoms with Gasteiger partial charge in [0.1, 0.15) is 17.7 Å². The van der Waals surface area contributed by atoms with E-state index in [1.54, 1.807) is 0 Å². The zero-order chi connectivity index (χ0) is 28.0. The number of benzene rings is 1. The lowest BCUT2D eigenvalue weighted by Gasteiger charge is -2.37. The zero-order valence-electron chi connectivity index (χ0n) is 21.4. The van der Waals surface area contributed by atoms with Gasteiger partial charge in [-0.25, -0.2) is 22.6 Å². The lowest BCUT2D eigenvalue weighted by atomic mass is 10.0. The topological polar surface area (TPSA) is 158 Å². The fourth-order valence-electron chi connectivity index (χ4n) is 4.47. The fraction of sp³-hybridized carbons (Fsp3) is 0.462. The number of aryl methyl sites for hydroxylation is 2. The molecule has 1 saturated heterocycles. The molecule has 210 valence electrons. The van der Waals surface area contributed by atoms with Crippen LogP contribution in [0.25, 0.3) is 0 Å². The number of unbranched alkanes of at least 4 members (excludes halogenated alkanes) is 1. The number of carbonyl (C=O) groups is 3. The average Bonchev–Trinajstić information content (AvgIpc) is 2.87. The van der Waals surface area contributed by atoms with Gasteiger partial charge in [0.05, 0.1) is 10.8 Å². The Morgan fingerprint density at radius 3 is 2.72 bits per heavy atom. The van der Waals surface area contributed by atoms with E-state index >= 15 is 0 Å². The second-order valence-corrected chi connectivity index (χ2v) is 11.7. The number of carboxylic acid groups (broad SMARTS) is 1. The predicted octanol–water partition coefficient (Wildman–Crippen LogP) is 1.30. The highest BCUT2D eigenvalue weighted by atomic mass is 32.2. The molecule has 11 nitrogen and oxygen atoms in total. The van der Waals surface area contributed by atoms with Crippen LogP contribution in [0.15, 0.2) is 41.3 Å². The highest BCUT2D eigenvalue weighted by molar-refractivity contribution is 7.89. The first kappa shape index (κ1) is 28.4. The molecule has 4 rings (SSSR count).